The molecular weight excluding hydrogens is 318 g/mol. The minimum absolute atomic E-state index is 0.257. The number of benzene rings is 2. The highest BCUT2D eigenvalue weighted by Crippen LogP contribution is 2.23. The van der Waals surface area contributed by atoms with Gasteiger partial charge in [-0.1, -0.05) is 60.1 Å². The third-order valence-corrected chi connectivity index (χ3v) is 5.27. The Bertz CT molecular complexity index is 663. The van der Waals surface area contributed by atoms with Gasteiger partial charge in [-0.3, -0.25) is 4.79 Å². The van der Waals surface area contributed by atoms with Crippen molar-refractivity contribution in [1.29, 1.82) is 0 Å². The summed E-state index contributed by atoms with van der Waals surface area (Å²) >= 11 is 6.16. The van der Waals surface area contributed by atoms with Gasteiger partial charge in [0, 0.05) is 24.5 Å². The van der Waals surface area contributed by atoms with Crippen molar-refractivity contribution >= 4 is 17.5 Å². The van der Waals surface area contributed by atoms with Crippen molar-refractivity contribution in [2.75, 3.05) is 13.1 Å². The van der Waals surface area contributed by atoms with Gasteiger partial charge in [-0.05, 0) is 48.8 Å². The van der Waals surface area contributed by atoms with Crippen molar-refractivity contribution in [2.24, 2.45) is 5.92 Å². The SMILES string of the molecule is O=C(CCc1ccccc1Cl)N1CCC(Cc2ccccc2)CC1. The Balaban J connectivity index is 1.44. The summed E-state index contributed by atoms with van der Waals surface area (Å²) in [7, 11) is 0. The van der Waals surface area contributed by atoms with Gasteiger partial charge in [0.15, 0.2) is 0 Å². The van der Waals surface area contributed by atoms with Crippen LogP contribution in [0.15, 0.2) is 54.6 Å². The number of amides is 1. The van der Waals surface area contributed by atoms with Crippen LogP contribution in [0.2, 0.25) is 5.02 Å². The molecule has 0 aliphatic carbocycles. The molecule has 2 aromatic rings. The predicted molar refractivity (Wildman–Crippen MR) is 99.2 cm³/mol. The van der Waals surface area contributed by atoms with Crippen LogP contribution in [0.1, 0.15) is 30.4 Å². The van der Waals surface area contributed by atoms with Gasteiger partial charge < -0.3 is 4.90 Å². The first-order valence-electron chi connectivity index (χ1n) is 8.77. The lowest BCUT2D eigenvalue weighted by atomic mass is 9.90. The lowest BCUT2D eigenvalue weighted by Crippen LogP contribution is -2.39. The van der Waals surface area contributed by atoms with E-state index in [9.17, 15) is 4.79 Å². The first-order valence-corrected chi connectivity index (χ1v) is 9.15. The number of aryl methyl sites for hydroxylation is 1. The van der Waals surface area contributed by atoms with Gasteiger partial charge in [-0.2, -0.15) is 0 Å². The molecule has 0 aromatic heterocycles. The Kier molecular flexibility index (Phi) is 5.92. The maximum Gasteiger partial charge on any atom is 0.222 e. The number of likely N-dealkylation sites (tertiary alicyclic amines) is 1. The molecular formula is C21H24ClNO. The molecule has 0 atom stereocenters. The molecule has 0 saturated carbocycles. The second kappa shape index (κ2) is 8.34. The zero-order valence-corrected chi connectivity index (χ0v) is 14.7. The van der Waals surface area contributed by atoms with Crippen LogP contribution in [0.3, 0.4) is 0 Å². The Hall–Kier alpha value is -1.80. The van der Waals surface area contributed by atoms with Gasteiger partial charge in [0.25, 0.3) is 0 Å². The number of halogens is 1. The fourth-order valence-electron chi connectivity index (χ4n) is 3.43. The molecule has 3 heteroatoms. The summed E-state index contributed by atoms with van der Waals surface area (Å²) in [5.74, 6) is 0.952. The van der Waals surface area contributed by atoms with E-state index in [0.29, 0.717) is 12.3 Å². The third-order valence-electron chi connectivity index (χ3n) is 4.90. The van der Waals surface area contributed by atoms with Crippen molar-refractivity contribution in [3.63, 3.8) is 0 Å². The number of carbonyl (C=O) groups is 1. The molecule has 2 nitrogen and oxygen atoms in total. The number of nitrogens with zero attached hydrogens (tertiary/aromatic N) is 1. The molecule has 1 aliphatic heterocycles. The van der Waals surface area contributed by atoms with Crippen LogP contribution in [0.25, 0.3) is 0 Å². The summed E-state index contributed by atoms with van der Waals surface area (Å²) in [5.41, 5.74) is 2.47. The van der Waals surface area contributed by atoms with E-state index in [4.69, 9.17) is 11.6 Å². The number of hydrogen-bond acceptors (Lipinski definition) is 1. The van der Waals surface area contributed by atoms with Crippen LogP contribution in [-0.4, -0.2) is 23.9 Å². The van der Waals surface area contributed by atoms with Gasteiger partial charge in [0.1, 0.15) is 0 Å². The molecule has 1 fully saturated rings. The molecule has 1 amide bonds. The first kappa shape index (κ1) is 17.0. The molecule has 126 valence electrons. The first-order chi connectivity index (χ1) is 11.7. The topological polar surface area (TPSA) is 20.3 Å². The standard InChI is InChI=1S/C21H24ClNO/c22-20-9-5-4-8-19(20)10-11-21(24)23-14-12-18(13-15-23)16-17-6-2-1-3-7-17/h1-9,18H,10-16H2. The van der Waals surface area contributed by atoms with Crippen LogP contribution in [0, 0.1) is 5.92 Å². The van der Waals surface area contributed by atoms with E-state index < -0.39 is 0 Å². The molecule has 3 rings (SSSR count). The van der Waals surface area contributed by atoms with Crippen molar-refractivity contribution in [3.8, 4) is 0 Å². The van der Waals surface area contributed by atoms with Gasteiger partial charge in [-0.25, -0.2) is 0 Å². The highest BCUT2D eigenvalue weighted by molar-refractivity contribution is 6.31. The molecule has 0 unspecified atom stereocenters. The fraction of sp³-hybridized carbons (Fsp3) is 0.381. The minimum Gasteiger partial charge on any atom is -0.343 e. The van der Waals surface area contributed by atoms with Gasteiger partial charge in [0.05, 0.1) is 0 Å². The summed E-state index contributed by atoms with van der Waals surface area (Å²) in [6.07, 6.45) is 4.61. The quantitative estimate of drug-likeness (QED) is 0.768. The Morgan fingerprint density at radius 3 is 2.38 bits per heavy atom. The van der Waals surface area contributed by atoms with Gasteiger partial charge >= 0.3 is 0 Å². The average molecular weight is 342 g/mol. The second-order valence-electron chi connectivity index (χ2n) is 6.61. The van der Waals surface area contributed by atoms with Gasteiger partial charge in [0.2, 0.25) is 5.91 Å². The zero-order chi connectivity index (χ0) is 16.8. The Labute approximate surface area is 149 Å². The highest BCUT2D eigenvalue weighted by Gasteiger charge is 2.22. The van der Waals surface area contributed by atoms with Crippen molar-refractivity contribution < 1.29 is 4.79 Å². The lowest BCUT2D eigenvalue weighted by molar-refractivity contribution is -0.132. The van der Waals surface area contributed by atoms with Gasteiger partial charge in [-0.15, -0.1) is 0 Å². The predicted octanol–water partition coefficient (Wildman–Crippen LogP) is 4.75. The largest absolute Gasteiger partial charge is 0.343 e. The summed E-state index contributed by atoms with van der Waals surface area (Å²) in [4.78, 5) is 14.5. The number of rotatable bonds is 5. The van der Waals surface area contributed by atoms with E-state index in [-0.39, 0.29) is 5.91 Å². The van der Waals surface area contributed by atoms with Crippen molar-refractivity contribution in [3.05, 3.63) is 70.7 Å². The normalized spacial score (nSPS) is 15.5. The van der Waals surface area contributed by atoms with Crippen molar-refractivity contribution in [1.82, 2.24) is 4.90 Å². The molecule has 0 bridgehead atoms. The molecule has 0 N–H and O–H groups in total. The highest BCUT2D eigenvalue weighted by atomic mass is 35.5. The maximum absolute atomic E-state index is 12.4. The number of carbonyl (C=O) groups excluding carboxylic acids is 1. The fourth-order valence-corrected chi connectivity index (χ4v) is 3.66. The number of hydrogen-bond donors (Lipinski definition) is 0. The zero-order valence-electron chi connectivity index (χ0n) is 14.0. The van der Waals surface area contributed by atoms with Crippen LogP contribution in [0.4, 0.5) is 0 Å². The third kappa shape index (κ3) is 4.61. The smallest absolute Gasteiger partial charge is 0.222 e. The van der Waals surface area contributed by atoms with E-state index >= 15 is 0 Å². The van der Waals surface area contributed by atoms with E-state index in [1.54, 1.807) is 0 Å². The van der Waals surface area contributed by atoms with E-state index in [1.165, 1.54) is 5.56 Å². The molecule has 2 aromatic carbocycles. The monoisotopic (exact) mass is 341 g/mol. The Morgan fingerprint density at radius 1 is 1.00 bits per heavy atom. The molecule has 1 aliphatic rings. The van der Waals surface area contributed by atoms with Crippen LogP contribution in [-0.2, 0) is 17.6 Å². The summed E-state index contributed by atoms with van der Waals surface area (Å²) in [6.45, 7) is 1.78. The van der Waals surface area contributed by atoms with Crippen molar-refractivity contribution in [2.45, 2.75) is 32.1 Å². The molecule has 0 spiro atoms. The Morgan fingerprint density at radius 2 is 1.67 bits per heavy atom. The maximum atomic E-state index is 12.4. The molecule has 1 heterocycles. The van der Waals surface area contributed by atoms with E-state index in [0.717, 1.165) is 49.4 Å². The van der Waals surface area contributed by atoms with E-state index in [2.05, 4.69) is 30.3 Å². The molecule has 0 radical (unpaired) electrons. The summed E-state index contributed by atoms with van der Waals surface area (Å²) in [5, 5.41) is 0.756. The van der Waals surface area contributed by atoms with Crippen LogP contribution >= 0.6 is 11.6 Å². The summed E-state index contributed by atoms with van der Waals surface area (Å²) < 4.78 is 0. The molecule has 24 heavy (non-hydrogen) atoms. The summed E-state index contributed by atoms with van der Waals surface area (Å²) in [6, 6.07) is 18.4. The lowest BCUT2D eigenvalue weighted by Gasteiger charge is -2.32. The van der Waals surface area contributed by atoms with Crippen LogP contribution in [0.5, 0.6) is 0 Å². The minimum atomic E-state index is 0.257. The van der Waals surface area contributed by atoms with Crippen LogP contribution < -0.4 is 0 Å². The second-order valence-corrected chi connectivity index (χ2v) is 7.01. The van der Waals surface area contributed by atoms with E-state index in [1.807, 2.05) is 29.2 Å². The number of piperidine rings is 1. The molecule has 1 saturated heterocycles. The average Bonchev–Trinajstić information content (AvgIpc) is 2.62.